The number of esters is 1. The minimum absolute atomic E-state index is 0.00791. The molecule has 0 saturated carbocycles. The van der Waals surface area contributed by atoms with Gasteiger partial charge in [-0.2, -0.15) is 0 Å². The third-order valence-corrected chi connectivity index (χ3v) is 7.05. The molecule has 1 aliphatic rings. The number of amides is 4. The molecule has 42 heavy (non-hydrogen) atoms. The fourth-order valence-electron chi connectivity index (χ4n) is 4.89. The third-order valence-electron chi connectivity index (χ3n) is 7.05. The van der Waals surface area contributed by atoms with Crippen LogP contribution in [-0.2, 0) is 35.1 Å². The molecule has 0 aliphatic carbocycles. The Morgan fingerprint density at radius 3 is 1.64 bits per heavy atom. The minimum Gasteiger partial charge on any atom is -0.451 e. The summed E-state index contributed by atoms with van der Waals surface area (Å²) in [4.78, 5) is 67.7. The van der Waals surface area contributed by atoms with Crippen molar-refractivity contribution in [1.29, 1.82) is 0 Å². The van der Waals surface area contributed by atoms with Gasteiger partial charge < -0.3 is 26.0 Å². The number of benzene rings is 1. The molecule has 1 aliphatic heterocycles. The number of hydrogen-bond donors (Lipinski definition) is 4. The summed E-state index contributed by atoms with van der Waals surface area (Å²) in [5.41, 5.74) is 0.813. The Hall–Kier alpha value is -3.43. The van der Waals surface area contributed by atoms with Crippen molar-refractivity contribution in [2.75, 3.05) is 0 Å². The minimum atomic E-state index is -1.16. The molecule has 1 saturated heterocycles. The molecule has 1 heterocycles. The Morgan fingerprint density at radius 1 is 0.595 bits per heavy atom. The van der Waals surface area contributed by atoms with E-state index >= 15 is 0 Å². The van der Waals surface area contributed by atoms with Crippen LogP contribution in [0.4, 0.5) is 0 Å². The van der Waals surface area contributed by atoms with Crippen LogP contribution >= 0.6 is 0 Å². The van der Waals surface area contributed by atoms with E-state index in [0.29, 0.717) is 6.42 Å². The lowest BCUT2D eigenvalue weighted by Crippen LogP contribution is -2.59. The van der Waals surface area contributed by atoms with E-state index in [4.69, 9.17) is 4.74 Å². The van der Waals surface area contributed by atoms with Crippen molar-refractivity contribution >= 4 is 29.6 Å². The number of hydrogen-bond acceptors (Lipinski definition) is 6. The van der Waals surface area contributed by atoms with Gasteiger partial charge in [0, 0.05) is 6.42 Å². The number of nitrogens with one attached hydrogen (secondary N) is 4. The molecule has 0 aromatic heterocycles. The summed E-state index contributed by atoms with van der Waals surface area (Å²) in [7, 11) is 0. The van der Waals surface area contributed by atoms with Gasteiger partial charge in [0.15, 0.2) is 6.10 Å². The highest BCUT2D eigenvalue weighted by atomic mass is 16.5. The lowest BCUT2D eigenvalue weighted by atomic mass is 9.98. The first-order valence-corrected chi connectivity index (χ1v) is 15.1. The Labute approximate surface area is 250 Å². The monoisotopic (exact) mass is 586 g/mol. The van der Waals surface area contributed by atoms with E-state index in [1.807, 2.05) is 71.9 Å². The van der Waals surface area contributed by atoms with Crippen LogP contribution in [0.2, 0.25) is 0 Å². The standard InChI is InChI=1S/C32H50N4O6/c1-18(2)14-23-29(38)36-27(21(7)8)31(40)34-24(17-22-12-10-9-11-13-22)28(37)35-25(15-19(3)4)32(41)42-26(16-20(5)6)30(39)33-23/h9-13,18-21,23-27H,14-17H2,1-8H3,(H,33,39)(H,34,40)(H,35,37)(H,36,38)/t23-,24-,25-,26-,27-/m0/s1. The van der Waals surface area contributed by atoms with E-state index in [9.17, 15) is 24.0 Å². The van der Waals surface area contributed by atoms with Gasteiger partial charge in [-0.15, -0.1) is 0 Å². The maximum absolute atomic E-state index is 13.7. The highest BCUT2D eigenvalue weighted by molar-refractivity contribution is 5.96. The second-order valence-corrected chi connectivity index (χ2v) is 12.9. The molecule has 0 spiro atoms. The summed E-state index contributed by atoms with van der Waals surface area (Å²) in [5, 5.41) is 11.2. The first kappa shape index (κ1) is 34.8. The van der Waals surface area contributed by atoms with Crippen LogP contribution in [0.5, 0.6) is 0 Å². The van der Waals surface area contributed by atoms with Crippen molar-refractivity contribution in [1.82, 2.24) is 21.3 Å². The van der Waals surface area contributed by atoms with Gasteiger partial charge in [0.05, 0.1) is 0 Å². The average Bonchev–Trinajstić information content (AvgIpc) is 2.89. The normalized spacial score (nSPS) is 25.0. The molecule has 0 bridgehead atoms. The van der Waals surface area contributed by atoms with E-state index < -0.39 is 59.9 Å². The first-order chi connectivity index (χ1) is 19.7. The number of cyclic esters (lactones) is 1. The molecule has 10 nitrogen and oxygen atoms in total. The molecular formula is C32H50N4O6. The van der Waals surface area contributed by atoms with Crippen LogP contribution in [0.25, 0.3) is 0 Å². The summed E-state index contributed by atoms with van der Waals surface area (Å²) in [6.45, 7) is 15.1. The molecule has 0 unspecified atom stereocenters. The molecule has 1 aromatic rings. The van der Waals surface area contributed by atoms with Crippen molar-refractivity contribution in [3.05, 3.63) is 35.9 Å². The number of carbonyl (C=O) groups excluding carboxylic acids is 5. The van der Waals surface area contributed by atoms with Gasteiger partial charge in [-0.3, -0.25) is 19.2 Å². The van der Waals surface area contributed by atoms with Crippen LogP contribution in [0, 0.1) is 23.7 Å². The lowest BCUT2D eigenvalue weighted by Gasteiger charge is -2.28. The van der Waals surface area contributed by atoms with E-state index in [2.05, 4.69) is 21.3 Å². The summed E-state index contributed by atoms with van der Waals surface area (Å²) in [6, 6.07) is 5.26. The molecular weight excluding hydrogens is 536 g/mol. The van der Waals surface area contributed by atoms with E-state index in [-0.39, 0.29) is 42.9 Å². The zero-order valence-corrected chi connectivity index (χ0v) is 26.4. The Bertz CT molecular complexity index is 1070. The van der Waals surface area contributed by atoms with Gasteiger partial charge >= 0.3 is 5.97 Å². The molecule has 0 radical (unpaired) electrons. The topological polar surface area (TPSA) is 143 Å². The molecule has 2 rings (SSSR count). The smallest absolute Gasteiger partial charge is 0.329 e. The van der Waals surface area contributed by atoms with Gasteiger partial charge in [-0.05, 0) is 48.5 Å². The second-order valence-electron chi connectivity index (χ2n) is 12.9. The molecule has 4 N–H and O–H groups in total. The quantitative estimate of drug-likeness (QED) is 0.328. The number of ether oxygens (including phenoxy) is 1. The molecule has 1 aromatic carbocycles. The second kappa shape index (κ2) is 16.3. The Kier molecular flexibility index (Phi) is 13.5. The van der Waals surface area contributed by atoms with Crippen molar-refractivity contribution in [3.63, 3.8) is 0 Å². The Morgan fingerprint density at radius 2 is 1.10 bits per heavy atom. The van der Waals surface area contributed by atoms with Crippen LogP contribution in [0.15, 0.2) is 30.3 Å². The SMILES string of the molecule is CC(C)C[C@@H]1NC(=O)[C@H](CC(C)C)OC(=O)[C@H](CC(C)C)NC(=O)[C@H](Cc2ccccc2)NC(=O)[C@H](C(C)C)NC1=O. The van der Waals surface area contributed by atoms with E-state index in [0.717, 1.165) is 5.56 Å². The summed E-state index contributed by atoms with van der Waals surface area (Å²) >= 11 is 0. The zero-order chi connectivity index (χ0) is 31.6. The van der Waals surface area contributed by atoms with Crippen LogP contribution in [-0.4, -0.2) is 59.9 Å². The van der Waals surface area contributed by atoms with Crippen LogP contribution in [0.3, 0.4) is 0 Å². The number of carbonyl (C=O) groups is 5. The predicted molar refractivity (Wildman–Crippen MR) is 161 cm³/mol. The van der Waals surface area contributed by atoms with Gasteiger partial charge in [0.1, 0.15) is 24.2 Å². The van der Waals surface area contributed by atoms with Gasteiger partial charge in [-0.25, -0.2) is 4.79 Å². The van der Waals surface area contributed by atoms with E-state index in [1.165, 1.54) is 0 Å². The fraction of sp³-hybridized carbons (Fsp3) is 0.656. The summed E-state index contributed by atoms with van der Waals surface area (Å²) in [6.07, 6.45) is -0.151. The van der Waals surface area contributed by atoms with Gasteiger partial charge in [0.25, 0.3) is 5.91 Å². The maximum Gasteiger partial charge on any atom is 0.329 e. The van der Waals surface area contributed by atoms with Gasteiger partial charge in [-0.1, -0.05) is 85.7 Å². The zero-order valence-electron chi connectivity index (χ0n) is 26.4. The molecule has 1 fully saturated rings. The first-order valence-electron chi connectivity index (χ1n) is 15.1. The molecule has 4 amide bonds. The van der Waals surface area contributed by atoms with Crippen molar-refractivity contribution < 1.29 is 28.7 Å². The van der Waals surface area contributed by atoms with Crippen molar-refractivity contribution in [3.8, 4) is 0 Å². The molecule has 234 valence electrons. The van der Waals surface area contributed by atoms with Crippen molar-refractivity contribution in [2.24, 2.45) is 23.7 Å². The van der Waals surface area contributed by atoms with Gasteiger partial charge in [0.2, 0.25) is 17.7 Å². The lowest BCUT2D eigenvalue weighted by molar-refractivity contribution is -0.160. The maximum atomic E-state index is 13.7. The molecule has 5 atom stereocenters. The number of rotatable bonds is 9. The summed E-state index contributed by atoms with van der Waals surface area (Å²) in [5.74, 6) is -3.16. The molecule has 10 heteroatoms. The highest BCUT2D eigenvalue weighted by Crippen LogP contribution is 2.16. The third kappa shape index (κ3) is 11.1. The fourth-order valence-corrected chi connectivity index (χ4v) is 4.89. The Balaban J connectivity index is 2.58. The highest BCUT2D eigenvalue weighted by Gasteiger charge is 2.36. The largest absolute Gasteiger partial charge is 0.451 e. The summed E-state index contributed by atoms with van der Waals surface area (Å²) < 4.78 is 5.75. The average molecular weight is 587 g/mol. The predicted octanol–water partition coefficient (Wildman–Crippen LogP) is 2.89. The van der Waals surface area contributed by atoms with Crippen molar-refractivity contribution in [2.45, 2.75) is 111 Å². The van der Waals surface area contributed by atoms with E-state index in [1.54, 1.807) is 13.8 Å². The van der Waals surface area contributed by atoms with Crippen LogP contribution in [0.1, 0.15) is 80.2 Å². The van der Waals surface area contributed by atoms with Crippen LogP contribution < -0.4 is 21.3 Å².